The number of hydrogen-bond donors (Lipinski definition) is 2. The van der Waals surface area contributed by atoms with Crippen LogP contribution in [0.5, 0.6) is 0 Å². The smallest absolute Gasteiger partial charge is 0.326 e. The number of nitrogens with zero attached hydrogens (tertiary/aromatic N) is 1. The van der Waals surface area contributed by atoms with E-state index in [1.54, 1.807) is 6.07 Å². The number of halogens is 2. The van der Waals surface area contributed by atoms with Gasteiger partial charge in [-0.2, -0.15) is 0 Å². The zero-order chi connectivity index (χ0) is 13.8. The molecule has 0 aromatic heterocycles. The van der Waals surface area contributed by atoms with Gasteiger partial charge in [-0.05, 0) is 30.7 Å². The maximum atomic E-state index is 12.5. The quantitative estimate of drug-likeness (QED) is 0.765. The summed E-state index contributed by atoms with van der Waals surface area (Å²) in [7, 11) is 0. The molecule has 19 heavy (non-hydrogen) atoms. The first-order valence-electron chi connectivity index (χ1n) is 5.81. The lowest BCUT2D eigenvalue weighted by Crippen LogP contribution is -2.46. The molecular weight excluding hydrogens is 289 g/mol. The van der Waals surface area contributed by atoms with E-state index in [0.29, 0.717) is 35.2 Å². The second-order valence-electron chi connectivity index (χ2n) is 4.77. The predicted molar refractivity (Wildman–Crippen MR) is 72.7 cm³/mol. The number of urea groups is 1. The molecule has 1 aromatic carbocycles. The maximum absolute atomic E-state index is 12.5. The van der Waals surface area contributed by atoms with Gasteiger partial charge in [-0.15, -0.1) is 0 Å². The fourth-order valence-corrected chi connectivity index (χ4v) is 3.19. The average Bonchev–Trinajstić information content (AvgIpc) is 2.90. The molecule has 3 amide bonds. The molecule has 3 rings (SSSR count). The number of primary amides is 1. The zero-order valence-electron chi connectivity index (χ0n) is 9.87. The van der Waals surface area contributed by atoms with Crippen LogP contribution in [-0.4, -0.2) is 25.0 Å². The monoisotopic (exact) mass is 299 g/mol. The lowest BCUT2D eigenvalue weighted by molar-refractivity contribution is -0.121. The van der Waals surface area contributed by atoms with E-state index in [2.05, 4.69) is 5.32 Å². The standard InChI is InChI=1S/C12H11Cl2N3O2/c13-7-3-6-9(4-8(7)14)17(11(15)19)10(18)12(6)1-2-16-5-12/h3-4,16H,1-2,5H2,(H2,15,19). The van der Waals surface area contributed by atoms with Crippen molar-refractivity contribution in [1.82, 2.24) is 5.32 Å². The Bertz CT molecular complexity index is 597. The van der Waals surface area contributed by atoms with Gasteiger partial charge in [-0.1, -0.05) is 23.2 Å². The van der Waals surface area contributed by atoms with Gasteiger partial charge in [0.25, 0.3) is 0 Å². The topological polar surface area (TPSA) is 75.4 Å². The molecule has 3 N–H and O–H groups in total. The van der Waals surface area contributed by atoms with Crippen molar-refractivity contribution in [3.05, 3.63) is 27.7 Å². The molecule has 100 valence electrons. The number of carbonyl (C=O) groups excluding carboxylic acids is 2. The van der Waals surface area contributed by atoms with Crippen LogP contribution < -0.4 is 16.0 Å². The summed E-state index contributed by atoms with van der Waals surface area (Å²) in [5, 5.41) is 3.80. The van der Waals surface area contributed by atoms with Gasteiger partial charge in [0.15, 0.2) is 0 Å². The fourth-order valence-electron chi connectivity index (χ4n) is 2.87. The van der Waals surface area contributed by atoms with Crippen molar-refractivity contribution in [3.63, 3.8) is 0 Å². The molecule has 0 radical (unpaired) electrons. The molecule has 2 aliphatic heterocycles. The van der Waals surface area contributed by atoms with Gasteiger partial charge in [0.05, 0.1) is 21.1 Å². The Labute approximate surface area is 119 Å². The summed E-state index contributed by atoms with van der Waals surface area (Å²) in [5.74, 6) is -0.307. The lowest BCUT2D eigenvalue weighted by atomic mass is 9.81. The van der Waals surface area contributed by atoms with Gasteiger partial charge in [0.1, 0.15) is 0 Å². The first-order chi connectivity index (χ1) is 8.97. The molecule has 7 heteroatoms. The zero-order valence-corrected chi connectivity index (χ0v) is 11.4. The number of carbonyl (C=O) groups is 2. The summed E-state index contributed by atoms with van der Waals surface area (Å²) in [5.41, 5.74) is 5.72. The first kappa shape index (κ1) is 12.7. The van der Waals surface area contributed by atoms with Gasteiger partial charge in [-0.3, -0.25) is 4.79 Å². The van der Waals surface area contributed by atoms with Crippen molar-refractivity contribution in [2.45, 2.75) is 11.8 Å². The Balaban J connectivity index is 2.27. The second-order valence-corrected chi connectivity index (χ2v) is 5.59. The van der Waals surface area contributed by atoms with Crippen molar-refractivity contribution in [3.8, 4) is 0 Å². The molecule has 1 unspecified atom stereocenters. The van der Waals surface area contributed by atoms with Crippen LogP contribution in [-0.2, 0) is 10.2 Å². The SMILES string of the molecule is NC(=O)N1C(=O)C2(CCNC2)c2cc(Cl)c(Cl)cc21. The number of benzene rings is 1. The van der Waals surface area contributed by atoms with E-state index in [1.165, 1.54) is 6.07 Å². The van der Waals surface area contributed by atoms with Crippen molar-refractivity contribution in [2.75, 3.05) is 18.0 Å². The minimum Gasteiger partial charge on any atom is -0.351 e. The van der Waals surface area contributed by atoms with Crippen molar-refractivity contribution >= 4 is 40.8 Å². The van der Waals surface area contributed by atoms with E-state index in [9.17, 15) is 9.59 Å². The molecule has 2 aliphatic rings. The Morgan fingerprint density at radius 3 is 2.63 bits per heavy atom. The molecule has 1 atom stereocenters. The summed E-state index contributed by atoms with van der Waals surface area (Å²) in [6.45, 7) is 1.18. The lowest BCUT2D eigenvalue weighted by Gasteiger charge is -2.21. The number of nitrogens with one attached hydrogen (secondary N) is 1. The third-order valence-electron chi connectivity index (χ3n) is 3.78. The number of amides is 3. The molecule has 5 nitrogen and oxygen atoms in total. The molecule has 1 fully saturated rings. The van der Waals surface area contributed by atoms with Gasteiger partial charge in [-0.25, -0.2) is 9.69 Å². The minimum absolute atomic E-state index is 0.294. The van der Waals surface area contributed by atoms with E-state index < -0.39 is 11.4 Å². The van der Waals surface area contributed by atoms with Crippen LogP contribution in [0, 0.1) is 0 Å². The number of hydrogen-bond acceptors (Lipinski definition) is 3. The Morgan fingerprint density at radius 2 is 2.05 bits per heavy atom. The molecule has 2 heterocycles. The molecule has 0 aliphatic carbocycles. The number of nitrogens with two attached hydrogens (primary N) is 1. The summed E-state index contributed by atoms with van der Waals surface area (Å²) >= 11 is 12.0. The second kappa shape index (κ2) is 4.10. The Kier molecular flexibility index (Phi) is 2.74. The van der Waals surface area contributed by atoms with Crippen LogP contribution in [0.4, 0.5) is 10.5 Å². The molecular formula is C12H11Cl2N3O2. The third kappa shape index (κ3) is 1.59. The highest BCUT2D eigenvalue weighted by Crippen LogP contribution is 2.47. The van der Waals surface area contributed by atoms with Crippen LogP contribution in [0.25, 0.3) is 0 Å². The van der Waals surface area contributed by atoms with Crippen molar-refractivity contribution in [2.24, 2.45) is 5.73 Å². The molecule has 1 saturated heterocycles. The van der Waals surface area contributed by atoms with Gasteiger partial charge in [0.2, 0.25) is 5.91 Å². The minimum atomic E-state index is -0.798. The van der Waals surface area contributed by atoms with Gasteiger partial charge in [0, 0.05) is 6.54 Å². The van der Waals surface area contributed by atoms with Crippen LogP contribution in [0.3, 0.4) is 0 Å². The maximum Gasteiger partial charge on any atom is 0.326 e. The van der Waals surface area contributed by atoms with Crippen LogP contribution in [0.15, 0.2) is 12.1 Å². The van der Waals surface area contributed by atoms with Crippen LogP contribution in [0.1, 0.15) is 12.0 Å². The number of anilines is 1. The molecule has 1 aromatic rings. The number of imide groups is 1. The van der Waals surface area contributed by atoms with E-state index in [0.717, 1.165) is 10.5 Å². The molecule has 0 bridgehead atoms. The van der Waals surface area contributed by atoms with Gasteiger partial charge >= 0.3 is 6.03 Å². The predicted octanol–water partition coefficient (Wildman–Crippen LogP) is 1.65. The van der Waals surface area contributed by atoms with Crippen LogP contribution >= 0.6 is 23.2 Å². The summed E-state index contributed by atoms with van der Waals surface area (Å²) in [6.07, 6.45) is 0.612. The number of fused-ring (bicyclic) bond motifs is 2. The summed E-state index contributed by atoms with van der Waals surface area (Å²) < 4.78 is 0. The van der Waals surface area contributed by atoms with E-state index in [-0.39, 0.29) is 5.91 Å². The van der Waals surface area contributed by atoms with Crippen molar-refractivity contribution in [1.29, 1.82) is 0 Å². The van der Waals surface area contributed by atoms with E-state index >= 15 is 0 Å². The average molecular weight is 300 g/mol. The molecule has 1 spiro atoms. The third-order valence-corrected chi connectivity index (χ3v) is 4.51. The number of rotatable bonds is 0. The van der Waals surface area contributed by atoms with E-state index in [4.69, 9.17) is 28.9 Å². The highest BCUT2D eigenvalue weighted by Gasteiger charge is 2.54. The summed E-state index contributed by atoms with van der Waals surface area (Å²) in [6, 6.07) is 2.38. The highest BCUT2D eigenvalue weighted by molar-refractivity contribution is 6.42. The van der Waals surface area contributed by atoms with Gasteiger partial charge < -0.3 is 11.1 Å². The first-order valence-corrected chi connectivity index (χ1v) is 6.57. The largest absolute Gasteiger partial charge is 0.351 e. The fraction of sp³-hybridized carbons (Fsp3) is 0.333. The normalized spacial score (nSPS) is 25.2. The highest BCUT2D eigenvalue weighted by atomic mass is 35.5. The Morgan fingerprint density at radius 1 is 1.37 bits per heavy atom. The van der Waals surface area contributed by atoms with Crippen molar-refractivity contribution < 1.29 is 9.59 Å². The van der Waals surface area contributed by atoms with E-state index in [1.807, 2.05) is 0 Å². The van der Waals surface area contributed by atoms with Crippen LogP contribution in [0.2, 0.25) is 10.0 Å². The molecule has 0 saturated carbocycles. The Hall–Kier alpha value is -1.30. The summed E-state index contributed by atoms with van der Waals surface area (Å²) in [4.78, 5) is 25.1.